The van der Waals surface area contributed by atoms with E-state index in [1.165, 1.54) is 0 Å². The minimum Gasteiger partial charge on any atom is -0.456 e. The summed E-state index contributed by atoms with van der Waals surface area (Å²) in [4.78, 5) is 36.0. The van der Waals surface area contributed by atoms with Crippen molar-refractivity contribution in [3.8, 4) is 0 Å². The third-order valence-corrected chi connectivity index (χ3v) is 5.20. The molecule has 0 aliphatic rings. The fourth-order valence-corrected chi connectivity index (χ4v) is 3.21. The van der Waals surface area contributed by atoms with Crippen molar-refractivity contribution < 1.29 is 19.1 Å². The van der Waals surface area contributed by atoms with Crippen LogP contribution in [-0.4, -0.2) is 40.7 Å². The van der Waals surface area contributed by atoms with Gasteiger partial charge in [-0.05, 0) is 42.3 Å². The minimum absolute atomic E-state index is 0.0681. The zero-order chi connectivity index (χ0) is 23.6. The van der Waals surface area contributed by atoms with Crippen LogP contribution in [0.5, 0.6) is 0 Å². The van der Waals surface area contributed by atoms with Crippen LogP contribution in [0, 0.1) is 0 Å². The van der Waals surface area contributed by atoms with E-state index >= 15 is 0 Å². The Labute approximate surface area is 200 Å². The number of rotatable bonds is 10. The molecule has 33 heavy (non-hydrogen) atoms. The minimum atomic E-state index is -0.532. The van der Waals surface area contributed by atoms with Crippen molar-refractivity contribution in [2.24, 2.45) is 0 Å². The highest BCUT2D eigenvalue weighted by atomic mass is 35.5. The van der Waals surface area contributed by atoms with Crippen molar-refractivity contribution in [2.75, 3.05) is 18.5 Å². The van der Waals surface area contributed by atoms with Crippen molar-refractivity contribution >= 4 is 46.8 Å². The summed E-state index contributed by atoms with van der Waals surface area (Å²) in [6.45, 7) is 0.251. The SMILES string of the molecule is O=C(COC(=O)CCCNC(=O)c1ccc(Cl)cc1)Nc1ccnn1Cc1ccccc1Cl. The number of hydrogen-bond acceptors (Lipinski definition) is 5. The predicted molar refractivity (Wildman–Crippen MR) is 125 cm³/mol. The van der Waals surface area contributed by atoms with Gasteiger partial charge in [0.25, 0.3) is 11.8 Å². The van der Waals surface area contributed by atoms with Crippen molar-refractivity contribution in [1.29, 1.82) is 0 Å². The van der Waals surface area contributed by atoms with E-state index in [1.54, 1.807) is 47.3 Å². The van der Waals surface area contributed by atoms with Crippen LogP contribution < -0.4 is 10.6 Å². The highest BCUT2D eigenvalue weighted by Gasteiger charge is 2.12. The van der Waals surface area contributed by atoms with E-state index in [1.807, 2.05) is 18.2 Å². The molecule has 2 aromatic carbocycles. The number of esters is 1. The molecular weight excluding hydrogens is 467 g/mol. The highest BCUT2D eigenvalue weighted by Crippen LogP contribution is 2.18. The van der Waals surface area contributed by atoms with E-state index < -0.39 is 18.5 Å². The largest absolute Gasteiger partial charge is 0.456 e. The molecule has 1 heterocycles. The number of amides is 2. The number of aromatic nitrogens is 2. The van der Waals surface area contributed by atoms with Crippen LogP contribution in [0.15, 0.2) is 60.8 Å². The first-order valence-corrected chi connectivity index (χ1v) is 10.9. The number of halogens is 2. The van der Waals surface area contributed by atoms with E-state index in [0.29, 0.717) is 40.9 Å². The van der Waals surface area contributed by atoms with Crippen LogP contribution in [0.2, 0.25) is 10.0 Å². The summed E-state index contributed by atoms with van der Waals surface area (Å²) < 4.78 is 6.59. The number of carbonyl (C=O) groups excluding carboxylic acids is 3. The van der Waals surface area contributed by atoms with Gasteiger partial charge in [-0.15, -0.1) is 0 Å². The molecule has 0 radical (unpaired) electrons. The van der Waals surface area contributed by atoms with Crippen molar-refractivity contribution in [3.63, 3.8) is 0 Å². The topological polar surface area (TPSA) is 102 Å². The summed E-state index contributed by atoms with van der Waals surface area (Å²) in [6.07, 6.45) is 2.00. The lowest BCUT2D eigenvalue weighted by Gasteiger charge is -2.10. The summed E-state index contributed by atoms with van der Waals surface area (Å²) in [7, 11) is 0. The molecule has 10 heteroatoms. The molecule has 3 rings (SSSR count). The number of anilines is 1. The molecule has 172 valence electrons. The molecule has 0 spiro atoms. The fraction of sp³-hybridized carbons (Fsp3) is 0.217. The standard InChI is InChI=1S/C23H22Cl2N4O4/c24-18-9-7-16(8-10-18)23(32)26-12-3-6-22(31)33-15-21(30)28-20-11-13-27-29(20)14-17-4-1-2-5-19(17)25/h1-2,4-5,7-11,13H,3,6,12,14-15H2,(H,26,32)(H,28,30). The Kier molecular flexibility index (Phi) is 8.86. The number of nitrogens with zero attached hydrogens (tertiary/aromatic N) is 2. The van der Waals surface area contributed by atoms with E-state index in [0.717, 1.165) is 5.56 Å². The van der Waals surface area contributed by atoms with Crippen molar-refractivity contribution in [2.45, 2.75) is 19.4 Å². The second kappa shape index (κ2) is 12.0. The molecule has 0 fully saturated rings. The van der Waals surface area contributed by atoms with Crippen molar-refractivity contribution in [1.82, 2.24) is 15.1 Å². The zero-order valence-corrected chi connectivity index (χ0v) is 19.1. The van der Waals surface area contributed by atoms with Gasteiger partial charge in [-0.3, -0.25) is 14.4 Å². The van der Waals surface area contributed by atoms with Gasteiger partial charge in [-0.1, -0.05) is 41.4 Å². The van der Waals surface area contributed by atoms with Crippen LogP contribution in [0.25, 0.3) is 0 Å². The molecule has 0 bridgehead atoms. The Hall–Kier alpha value is -3.36. The third-order valence-electron chi connectivity index (χ3n) is 4.58. The summed E-state index contributed by atoms with van der Waals surface area (Å²) >= 11 is 12.0. The monoisotopic (exact) mass is 488 g/mol. The van der Waals surface area contributed by atoms with Gasteiger partial charge in [-0.25, -0.2) is 4.68 Å². The van der Waals surface area contributed by atoms with E-state index in [4.69, 9.17) is 27.9 Å². The summed E-state index contributed by atoms with van der Waals surface area (Å²) in [5.41, 5.74) is 1.33. The molecule has 1 aromatic heterocycles. The normalized spacial score (nSPS) is 10.5. The Morgan fingerprint density at radius 2 is 1.76 bits per heavy atom. The first-order valence-electron chi connectivity index (χ1n) is 10.2. The van der Waals surface area contributed by atoms with Gasteiger partial charge in [0.1, 0.15) is 5.82 Å². The van der Waals surface area contributed by atoms with E-state index in [9.17, 15) is 14.4 Å². The van der Waals surface area contributed by atoms with Crippen LogP contribution in [-0.2, 0) is 20.9 Å². The first kappa shape index (κ1) is 24.3. The zero-order valence-electron chi connectivity index (χ0n) is 17.6. The second-order valence-corrected chi connectivity index (χ2v) is 7.88. The molecular formula is C23H22Cl2N4O4. The summed E-state index contributed by atoms with van der Waals surface area (Å²) in [5.74, 6) is -0.815. The third kappa shape index (κ3) is 7.62. The molecule has 2 N–H and O–H groups in total. The molecule has 2 amide bonds. The number of nitrogens with one attached hydrogen (secondary N) is 2. The maximum absolute atomic E-state index is 12.2. The Balaban J connectivity index is 1.36. The summed E-state index contributed by atoms with van der Waals surface area (Å²) in [6, 6.07) is 15.5. The van der Waals surface area contributed by atoms with Gasteiger partial charge in [-0.2, -0.15) is 5.10 Å². The number of ether oxygens (including phenoxy) is 1. The Bertz CT molecular complexity index is 1120. The van der Waals surface area contributed by atoms with E-state index in [2.05, 4.69) is 15.7 Å². The maximum Gasteiger partial charge on any atom is 0.306 e. The average molecular weight is 489 g/mol. The van der Waals surface area contributed by atoms with Crippen LogP contribution in [0.1, 0.15) is 28.8 Å². The molecule has 0 unspecified atom stereocenters. The fourth-order valence-electron chi connectivity index (χ4n) is 2.89. The molecule has 8 nitrogen and oxygen atoms in total. The van der Waals surface area contributed by atoms with Crippen LogP contribution in [0.3, 0.4) is 0 Å². The van der Waals surface area contributed by atoms with E-state index in [-0.39, 0.29) is 12.3 Å². The van der Waals surface area contributed by atoms with Gasteiger partial charge in [0.05, 0.1) is 12.7 Å². The molecule has 0 saturated heterocycles. The quantitative estimate of drug-likeness (QED) is 0.332. The number of hydrogen-bond donors (Lipinski definition) is 2. The lowest BCUT2D eigenvalue weighted by Crippen LogP contribution is -2.25. The van der Waals surface area contributed by atoms with Crippen molar-refractivity contribution in [3.05, 3.63) is 82.0 Å². The second-order valence-electron chi connectivity index (χ2n) is 7.04. The van der Waals surface area contributed by atoms with Gasteiger partial charge in [0.15, 0.2) is 6.61 Å². The van der Waals surface area contributed by atoms with Crippen LogP contribution in [0.4, 0.5) is 5.82 Å². The molecule has 3 aromatic rings. The highest BCUT2D eigenvalue weighted by molar-refractivity contribution is 6.31. The maximum atomic E-state index is 12.2. The summed E-state index contributed by atoms with van der Waals surface area (Å²) in [5, 5.41) is 10.7. The van der Waals surface area contributed by atoms with Gasteiger partial charge in [0.2, 0.25) is 0 Å². The Morgan fingerprint density at radius 1 is 1.00 bits per heavy atom. The van der Waals surface area contributed by atoms with Crippen LogP contribution >= 0.6 is 23.2 Å². The van der Waals surface area contributed by atoms with Gasteiger partial charge >= 0.3 is 5.97 Å². The van der Waals surface area contributed by atoms with Gasteiger partial charge in [0, 0.05) is 34.6 Å². The molecule has 0 saturated carbocycles. The average Bonchev–Trinajstić information content (AvgIpc) is 3.23. The first-order chi connectivity index (χ1) is 15.9. The smallest absolute Gasteiger partial charge is 0.306 e. The lowest BCUT2D eigenvalue weighted by atomic mass is 10.2. The number of carbonyl (C=O) groups is 3. The number of benzene rings is 2. The Morgan fingerprint density at radius 3 is 2.52 bits per heavy atom. The predicted octanol–water partition coefficient (Wildman–Crippen LogP) is 3.93. The molecule has 0 atom stereocenters. The van der Waals surface area contributed by atoms with Gasteiger partial charge < -0.3 is 15.4 Å². The lowest BCUT2D eigenvalue weighted by molar-refractivity contribution is -0.147. The molecule has 0 aliphatic heterocycles. The molecule has 0 aliphatic carbocycles.